The Bertz CT molecular complexity index is 1510. The summed E-state index contributed by atoms with van der Waals surface area (Å²) in [5.74, 6) is -1.03. The normalized spacial score (nSPS) is 11.5. The second-order valence-corrected chi connectivity index (χ2v) is 9.06. The van der Waals surface area contributed by atoms with Crippen LogP contribution >= 0.6 is 0 Å². The van der Waals surface area contributed by atoms with Crippen LogP contribution in [0, 0.1) is 0 Å². The molecule has 0 aliphatic heterocycles. The van der Waals surface area contributed by atoms with Gasteiger partial charge in [0.25, 0.3) is 10.0 Å². The number of imidazole rings is 1. The number of fused-ring (bicyclic) bond motifs is 1. The zero-order chi connectivity index (χ0) is 24.8. The van der Waals surface area contributed by atoms with Crippen molar-refractivity contribution in [3.63, 3.8) is 0 Å². The highest BCUT2D eigenvalue weighted by molar-refractivity contribution is 7.93. The number of carbonyl (C=O) groups excluding carboxylic acids is 2. The van der Waals surface area contributed by atoms with Crippen molar-refractivity contribution in [3.05, 3.63) is 90.1 Å². The smallest absolute Gasteiger partial charge is 0.337 e. The third-order valence-electron chi connectivity index (χ3n) is 4.95. The Kier molecular flexibility index (Phi) is 6.88. The van der Waals surface area contributed by atoms with Gasteiger partial charge in [-0.2, -0.15) is 0 Å². The lowest BCUT2D eigenvalue weighted by molar-refractivity contribution is -0.116. The van der Waals surface area contributed by atoms with Crippen molar-refractivity contribution >= 4 is 44.6 Å². The lowest BCUT2D eigenvalue weighted by atomic mass is 10.1. The summed E-state index contributed by atoms with van der Waals surface area (Å²) in [4.78, 5) is 35.3. The fraction of sp³-hybridized carbons (Fsp3) is 0.0833. The summed E-state index contributed by atoms with van der Waals surface area (Å²) in [5.41, 5.74) is 1.74. The van der Waals surface area contributed by atoms with Gasteiger partial charge >= 0.3 is 5.97 Å². The molecule has 10 nitrogen and oxygen atoms in total. The Morgan fingerprint density at radius 3 is 2.74 bits per heavy atom. The molecule has 0 fully saturated rings. The van der Waals surface area contributed by atoms with Crippen LogP contribution in [0.3, 0.4) is 0 Å². The average molecular weight is 492 g/mol. The number of nitrogens with one attached hydrogen (secondary N) is 3. The number of benzene rings is 2. The maximum absolute atomic E-state index is 13.2. The Hall–Kier alpha value is -4.51. The Morgan fingerprint density at radius 1 is 1.14 bits per heavy atom. The van der Waals surface area contributed by atoms with Crippen LogP contribution in [0.25, 0.3) is 17.0 Å². The number of hydrogen-bond acceptors (Lipinski definition) is 7. The van der Waals surface area contributed by atoms with Crippen molar-refractivity contribution in [1.82, 2.24) is 20.3 Å². The Balaban J connectivity index is 1.59. The van der Waals surface area contributed by atoms with Crippen LogP contribution in [0.5, 0.6) is 0 Å². The van der Waals surface area contributed by atoms with E-state index in [1.54, 1.807) is 36.5 Å². The number of H-pyrrole nitrogens is 1. The number of methoxy groups -OCH3 is 1. The first kappa shape index (κ1) is 23.6. The maximum atomic E-state index is 13.2. The van der Waals surface area contributed by atoms with Gasteiger partial charge in [-0.3, -0.25) is 14.5 Å². The second-order valence-electron chi connectivity index (χ2n) is 7.41. The molecule has 178 valence electrons. The fourth-order valence-electron chi connectivity index (χ4n) is 3.36. The number of nitrogens with zero attached hydrogens (tertiary/aromatic N) is 2. The van der Waals surface area contributed by atoms with E-state index >= 15 is 0 Å². The summed E-state index contributed by atoms with van der Waals surface area (Å²) in [7, 11) is -2.82. The molecule has 0 saturated heterocycles. The van der Waals surface area contributed by atoms with Crippen molar-refractivity contribution in [2.24, 2.45) is 0 Å². The summed E-state index contributed by atoms with van der Waals surface area (Å²) in [5, 5.41) is 3.36. The van der Waals surface area contributed by atoms with Crippen molar-refractivity contribution in [2.75, 3.05) is 11.8 Å². The fourth-order valence-corrected chi connectivity index (χ4v) is 4.58. The summed E-state index contributed by atoms with van der Waals surface area (Å²) in [6.45, 7) is 0.0432. The van der Waals surface area contributed by atoms with Gasteiger partial charge in [-0.25, -0.2) is 18.2 Å². The number of rotatable bonds is 8. The summed E-state index contributed by atoms with van der Waals surface area (Å²) >= 11 is 0. The predicted octanol–water partition coefficient (Wildman–Crippen LogP) is 2.87. The third kappa shape index (κ3) is 5.71. The van der Waals surface area contributed by atoms with E-state index in [0.717, 1.165) is 0 Å². The van der Waals surface area contributed by atoms with Crippen LogP contribution in [0.15, 0.2) is 78.2 Å². The molecular formula is C24H21N5O5S. The summed E-state index contributed by atoms with van der Waals surface area (Å²) < 4.78 is 33.7. The molecular weight excluding hydrogens is 470 g/mol. The van der Waals surface area contributed by atoms with E-state index in [2.05, 4.69) is 25.0 Å². The lowest BCUT2D eigenvalue weighted by Gasteiger charge is -2.13. The van der Waals surface area contributed by atoms with E-state index in [-0.39, 0.29) is 28.6 Å². The van der Waals surface area contributed by atoms with E-state index < -0.39 is 16.0 Å². The van der Waals surface area contributed by atoms with Gasteiger partial charge in [-0.15, -0.1) is 0 Å². The van der Waals surface area contributed by atoms with Gasteiger partial charge in [0, 0.05) is 24.2 Å². The quantitative estimate of drug-likeness (QED) is 0.254. The van der Waals surface area contributed by atoms with E-state index in [4.69, 9.17) is 4.74 Å². The first-order valence-electron chi connectivity index (χ1n) is 10.4. The van der Waals surface area contributed by atoms with E-state index in [1.807, 2.05) is 0 Å². The molecule has 0 saturated carbocycles. The van der Waals surface area contributed by atoms with E-state index in [0.29, 0.717) is 22.2 Å². The molecule has 2 aromatic carbocycles. The predicted molar refractivity (Wildman–Crippen MR) is 130 cm³/mol. The minimum atomic E-state index is -4.04. The molecule has 0 unspecified atom stereocenters. The number of aromatic amines is 1. The zero-order valence-corrected chi connectivity index (χ0v) is 19.4. The second kappa shape index (κ2) is 10.2. The number of pyridine rings is 1. The van der Waals surface area contributed by atoms with Crippen molar-refractivity contribution in [1.29, 1.82) is 0 Å². The molecule has 4 rings (SSSR count). The van der Waals surface area contributed by atoms with E-state index in [9.17, 15) is 18.0 Å². The van der Waals surface area contributed by atoms with E-state index in [1.165, 1.54) is 50.0 Å². The number of carbonyl (C=O) groups is 2. The molecule has 0 aliphatic rings. The number of hydrogen-bond donors (Lipinski definition) is 3. The summed E-state index contributed by atoms with van der Waals surface area (Å²) in [6.07, 6.45) is 7.46. The molecule has 35 heavy (non-hydrogen) atoms. The van der Waals surface area contributed by atoms with Gasteiger partial charge in [-0.1, -0.05) is 18.2 Å². The molecule has 0 atom stereocenters. The SMILES string of the molecule is COC(=O)c1cc(CNC(=O)C=Cc2cnc[nH]2)cc(NS(=O)(=O)c2cccc3cccnc23)c1. The number of para-hydroxylation sites is 1. The minimum absolute atomic E-state index is 0.00197. The first-order valence-corrected chi connectivity index (χ1v) is 11.9. The maximum Gasteiger partial charge on any atom is 0.337 e. The summed E-state index contributed by atoms with van der Waals surface area (Å²) in [6, 6.07) is 12.7. The Morgan fingerprint density at radius 2 is 1.97 bits per heavy atom. The van der Waals surface area contributed by atoms with Crippen LogP contribution in [0.2, 0.25) is 0 Å². The molecule has 1 amide bonds. The van der Waals surface area contributed by atoms with Gasteiger partial charge in [0.2, 0.25) is 5.91 Å². The lowest BCUT2D eigenvalue weighted by Crippen LogP contribution is -2.21. The van der Waals surface area contributed by atoms with Gasteiger partial charge in [0.05, 0.1) is 42.1 Å². The number of amides is 1. The van der Waals surface area contributed by atoms with Gasteiger partial charge in [-0.05, 0) is 42.0 Å². The van der Waals surface area contributed by atoms with Crippen LogP contribution in [-0.4, -0.2) is 42.4 Å². The Labute approximate surface area is 201 Å². The highest BCUT2D eigenvalue weighted by Crippen LogP contribution is 2.24. The minimum Gasteiger partial charge on any atom is -0.465 e. The number of aromatic nitrogens is 3. The molecule has 0 bridgehead atoms. The highest BCUT2D eigenvalue weighted by Gasteiger charge is 2.20. The van der Waals surface area contributed by atoms with Crippen LogP contribution in [0.4, 0.5) is 5.69 Å². The van der Waals surface area contributed by atoms with Crippen molar-refractivity contribution in [3.8, 4) is 0 Å². The highest BCUT2D eigenvalue weighted by atomic mass is 32.2. The third-order valence-corrected chi connectivity index (χ3v) is 6.36. The zero-order valence-electron chi connectivity index (χ0n) is 18.6. The molecule has 0 aliphatic carbocycles. The average Bonchev–Trinajstić information content (AvgIpc) is 3.38. The number of esters is 1. The molecule has 0 spiro atoms. The number of ether oxygens (including phenoxy) is 1. The number of anilines is 1. The topological polar surface area (TPSA) is 143 Å². The van der Waals surface area contributed by atoms with Crippen molar-refractivity contribution in [2.45, 2.75) is 11.4 Å². The molecule has 2 heterocycles. The standard InChI is InChI=1S/C24H21N5O5S/c1-34-24(31)18-10-16(13-27-22(30)8-7-19-14-25-15-28-19)11-20(12-18)29-35(32,33)21-6-2-4-17-5-3-9-26-23(17)21/h2-12,14-15,29H,13H2,1H3,(H,25,28)(H,27,30). The molecule has 4 aromatic rings. The van der Waals surface area contributed by atoms with Gasteiger partial charge in [0.15, 0.2) is 0 Å². The molecule has 3 N–H and O–H groups in total. The first-order chi connectivity index (χ1) is 16.9. The number of sulfonamides is 1. The molecule has 11 heteroatoms. The van der Waals surface area contributed by atoms with Crippen LogP contribution in [0.1, 0.15) is 21.6 Å². The largest absolute Gasteiger partial charge is 0.465 e. The molecule has 0 radical (unpaired) electrons. The van der Waals surface area contributed by atoms with Gasteiger partial charge in [0.1, 0.15) is 4.90 Å². The van der Waals surface area contributed by atoms with Crippen molar-refractivity contribution < 1.29 is 22.7 Å². The monoisotopic (exact) mass is 491 g/mol. The molecule has 2 aromatic heterocycles. The van der Waals surface area contributed by atoms with Crippen LogP contribution < -0.4 is 10.0 Å². The van der Waals surface area contributed by atoms with Crippen LogP contribution in [-0.2, 0) is 26.1 Å². The van der Waals surface area contributed by atoms with Gasteiger partial charge < -0.3 is 15.0 Å².